The summed E-state index contributed by atoms with van der Waals surface area (Å²) in [5.41, 5.74) is 2.08. The molecular formula is C10H8BrNS. The number of nitrogens with zero attached hydrogens (tertiary/aromatic N) is 1. The average molecular weight is 254 g/mol. The van der Waals surface area contributed by atoms with Gasteiger partial charge in [0.25, 0.3) is 0 Å². The first-order valence-corrected chi connectivity index (χ1v) is 5.61. The first kappa shape index (κ1) is 8.91. The van der Waals surface area contributed by atoms with Gasteiger partial charge in [0.2, 0.25) is 0 Å². The third-order valence-corrected chi connectivity index (χ3v) is 3.53. The van der Waals surface area contributed by atoms with Crippen LogP contribution in [0.4, 0.5) is 0 Å². The molecule has 66 valence electrons. The average Bonchev–Trinajstić information content (AvgIpc) is 2.62. The largest absolute Gasteiger partial charge is 0.251 e. The maximum Gasteiger partial charge on any atom is 0.0805 e. The fourth-order valence-electron chi connectivity index (χ4n) is 1.11. The number of hydrogen-bond acceptors (Lipinski definition) is 2. The van der Waals surface area contributed by atoms with Gasteiger partial charge in [-0.2, -0.15) is 0 Å². The van der Waals surface area contributed by atoms with Crippen LogP contribution in [0.25, 0.3) is 10.6 Å². The van der Waals surface area contributed by atoms with E-state index in [1.54, 1.807) is 11.3 Å². The summed E-state index contributed by atoms with van der Waals surface area (Å²) >= 11 is 5.15. The number of pyridine rings is 1. The standard InChI is InChI=1S/C10H8BrNS/c1-7-8(11)4-5-9(12-7)10-3-2-6-13-10/h2-6H,1H3. The molecule has 0 N–H and O–H groups in total. The Bertz CT molecular complexity index is 409. The van der Waals surface area contributed by atoms with E-state index in [1.165, 1.54) is 4.88 Å². The Balaban J connectivity index is 2.49. The van der Waals surface area contributed by atoms with Crippen molar-refractivity contribution in [3.05, 3.63) is 39.8 Å². The van der Waals surface area contributed by atoms with E-state index in [1.807, 2.05) is 25.1 Å². The second-order valence-corrected chi connectivity index (χ2v) is 4.54. The van der Waals surface area contributed by atoms with Crippen LogP contribution in [0.5, 0.6) is 0 Å². The second kappa shape index (κ2) is 3.60. The highest BCUT2D eigenvalue weighted by atomic mass is 79.9. The van der Waals surface area contributed by atoms with Crippen molar-refractivity contribution in [3.63, 3.8) is 0 Å². The van der Waals surface area contributed by atoms with E-state index < -0.39 is 0 Å². The molecule has 13 heavy (non-hydrogen) atoms. The van der Waals surface area contributed by atoms with Crippen molar-refractivity contribution in [1.82, 2.24) is 4.98 Å². The maximum absolute atomic E-state index is 4.48. The summed E-state index contributed by atoms with van der Waals surface area (Å²) in [5.74, 6) is 0. The SMILES string of the molecule is Cc1nc(-c2cccs2)ccc1Br. The second-order valence-electron chi connectivity index (χ2n) is 2.74. The Hall–Kier alpha value is -0.670. The predicted molar refractivity (Wildman–Crippen MR) is 60.0 cm³/mol. The molecule has 0 bridgehead atoms. The topological polar surface area (TPSA) is 12.9 Å². The lowest BCUT2D eigenvalue weighted by Gasteiger charge is -2.00. The lowest BCUT2D eigenvalue weighted by Crippen LogP contribution is -1.85. The monoisotopic (exact) mass is 253 g/mol. The molecule has 2 rings (SSSR count). The Labute approximate surface area is 89.6 Å². The summed E-state index contributed by atoms with van der Waals surface area (Å²) < 4.78 is 1.06. The number of rotatable bonds is 1. The third-order valence-electron chi connectivity index (χ3n) is 1.79. The van der Waals surface area contributed by atoms with Crippen molar-refractivity contribution in [2.75, 3.05) is 0 Å². The van der Waals surface area contributed by atoms with Gasteiger partial charge in [-0.25, -0.2) is 0 Å². The normalized spacial score (nSPS) is 10.3. The molecule has 0 amide bonds. The molecule has 0 aliphatic carbocycles. The molecule has 0 spiro atoms. The summed E-state index contributed by atoms with van der Waals surface area (Å²) in [6.45, 7) is 2.00. The number of halogens is 1. The van der Waals surface area contributed by atoms with Crippen LogP contribution in [0, 0.1) is 6.92 Å². The van der Waals surface area contributed by atoms with Gasteiger partial charge in [-0.1, -0.05) is 6.07 Å². The van der Waals surface area contributed by atoms with E-state index in [-0.39, 0.29) is 0 Å². The maximum atomic E-state index is 4.48. The zero-order chi connectivity index (χ0) is 9.26. The Morgan fingerprint density at radius 2 is 2.15 bits per heavy atom. The lowest BCUT2D eigenvalue weighted by atomic mass is 10.3. The van der Waals surface area contributed by atoms with Crippen molar-refractivity contribution in [2.45, 2.75) is 6.92 Å². The first-order valence-electron chi connectivity index (χ1n) is 3.94. The van der Waals surface area contributed by atoms with Gasteiger partial charge in [0.15, 0.2) is 0 Å². The molecule has 3 heteroatoms. The van der Waals surface area contributed by atoms with Crippen LogP contribution in [-0.4, -0.2) is 4.98 Å². The minimum Gasteiger partial charge on any atom is -0.251 e. The number of aromatic nitrogens is 1. The smallest absolute Gasteiger partial charge is 0.0805 e. The van der Waals surface area contributed by atoms with Crippen LogP contribution in [-0.2, 0) is 0 Å². The summed E-state index contributed by atoms with van der Waals surface area (Å²) in [6, 6.07) is 8.19. The number of hydrogen-bond donors (Lipinski definition) is 0. The molecule has 2 aromatic heterocycles. The van der Waals surface area contributed by atoms with Crippen molar-refractivity contribution < 1.29 is 0 Å². The highest BCUT2D eigenvalue weighted by Crippen LogP contribution is 2.25. The van der Waals surface area contributed by atoms with Crippen LogP contribution in [0.3, 0.4) is 0 Å². The van der Waals surface area contributed by atoms with Crippen LogP contribution in [0.2, 0.25) is 0 Å². The summed E-state index contributed by atoms with van der Waals surface area (Å²) in [6.07, 6.45) is 0. The molecule has 2 heterocycles. The summed E-state index contributed by atoms with van der Waals surface area (Å²) in [4.78, 5) is 5.70. The molecule has 2 aromatic rings. The molecule has 0 radical (unpaired) electrons. The number of aryl methyl sites for hydroxylation is 1. The van der Waals surface area contributed by atoms with Crippen molar-refractivity contribution in [3.8, 4) is 10.6 Å². The van der Waals surface area contributed by atoms with Crippen molar-refractivity contribution in [2.24, 2.45) is 0 Å². The van der Waals surface area contributed by atoms with Crippen molar-refractivity contribution >= 4 is 27.3 Å². The van der Waals surface area contributed by atoms with E-state index >= 15 is 0 Å². The molecule has 0 saturated heterocycles. The van der Waals surface area contributed by atoms with Crippen LogP contribution in [0.1, 0.15) is 5.69 Å². The predicted octanol–water partition coefficient (Wildman–Crippen LogP) is 3.88. The fourth-order valence-corrected chi connectivity index (χ4v) is 2.02. The van der Waals surface area contributed by atoms with Gasteiger partial charge in [-0.3, -0.25) is 4.98 Å². The Morgan fingerprint density at radius 1 is 1.31 bits per heavy atom. The fraction of sp³-hybridized carbons (Fsp3) is 0.100. The van der Waals surface area contributed by atoms with E-state index in [2.05, 4.69) is 32.4 Å². The van der Waals surface area contributed by atoms with Gasteiger partial charge in [0.05, 0.1) is 16.3 Å². The van der Waals surface area contributed by atoms with E-state index in [4.69, 9.17) is 0 Å². The summed E-state index contributed by atoms with van der Waals surface area (Å²) in [5, 5.41) is 2.06. The first-order chi connectivity index (χ1) is 6.27. The lowest BCUT2D eigenvalue weighted by molar-refractivity contribution is 1.19. The molecule has 0 unspecified atom stereocenters. The van der Waals surface area contributed by atoms with Gasteiger partial charge < -0.3 is 0 Å². The van der Waals surface area contributed by atoms with Gasteiger partial charge in [0, 0.05) is 4.47 Å². The van der Waals surface area contributed by atoms with Crippen molar-refractivity contribution in [1.29, 1.82) is 0 Å². The highest BCUT2D eigenvalue weighted by molar-refractivity contribution is 9.10. The Morgan fingerprint density at radius 3 is 2.77 bits per heavy atom. The molecule has 0 fully saturated rings. The minimum absolute atomic E-state index is 1.03. The molecule has 0 aliphatic rings. The quantitative estimate of drug-likeness (QED) is 0.752. The molecule has 0 saturated carbocycles. The number of thiophene rings is 1. The minimum atomic E-state index is 1.03. The van der Waals surface area contributed by atoms with Gasteiger partial charge in [-0.15, -0.1) is 11.3 Å². The molecule has 1 nitrogen and oxygen atoms in total. The zero-order valence-corrected chi connectivity index (χ0v) is 9.52. The van der Waals surface area contributed by atoms with Gasteiger partial charge in [0.1, 0.15) is 0 Å². The van der Waals surface area contributed by atoms with Crippen LogP contribution in [0.15, 0.2) is 34.1 Å². The highest BCUT2D eigenvalue weighted by Gasteiger charge is 2.01. The molecule has 0 aromatic carbocycles. The molecular weight excluding hydrogens is 246 g/mol. The molecule has 0 atom stereocenters. The van der Waals surface area contributed by atoms with Gasteiger partial charge >= 0.3 is 0 Å². The summed E-state index contributed by atoms with van der Waals surface area (Å²) in [7, 11) is 0. The van der Waals surface area contributed by atoms with Gasteiger partial charge in [-0.05, 0) is 46.4 Å². The molecule has 0 aliphatic heterocycles. The van der Waals surface area contributed by atoms with Crippen LogP contribution < -0.4 is 0 Å². The van der Waals surface area contributed by atoms with E-state index in [0.717, 1.165) is 15.9 Å². The van der Waals surface area contributed by atoms with E-state index in [9.17, 15) is 0 Å². The third kappa shape index (κ3) is 1.81. The van der Waals surface area contributed by atoms with Crippen LogP contribution >= 0.6 is 27.3 Å². The van der Waals surface area contributed by atoms with E-state index in [0.29, 0.717) is 0 Å². The zero-order valence-electron chi connectivity index (χ0n) is 7.12. The Kier molecular flexibility index (Phi) is 2.47.